The molecule has 0 spiro atoms. The van der Waals surface area contributed by atoms with E-state index in [1.54, 1.807) is 79.8 Å². The number of aliphatic imine (C=N–C) groups is 4. The number of rotatable bonds is 52. The number of fused-ring (bicyclic) bond motifs is 1. The molecule has 39 heteroatoms. The molecule has 1 aromatic heterocycles. The Morgan fingerprint density at radius 1 is 0.391 bits per heavy atom. The Hall–Kier alpha value is -10.6. The average Bonchev–Trinajstić information content (AvgIpc) is 1.56. The maximum absolute atomic E-state index is 14.9. The number of H-pyrrole nitrogens is 1. The van der Waals surface area contributed by atoms with Crippen molar-refractivity contribution in [3.05, 3.63) is 36.0 Å². The number of primary amides is 1. The van der Waals surface area contributed by atoms with E-state index in [9.17, 15) is 57.5 Å². The van der Waals surface area contributed by atoms with Gasteiger partial charge in [-0.15, -0.1) is 0 Å². The number of aromatic nitrogens is 1. The second kappa shape index (κ2) is 49.4. The van der Waals surface area contributed by atoms with Crippen LogP contribution in [0.4, 0.5) is 0 Å². The molecule has 0 aliphatic heterocycles. The van der Waals surface area contributed by atoms with Crippen LogP contribution in [0.3, 0.4) is 0 Å². The van der Waals surface area contributed by atoms with Crippen LogP contribution in [-0.2, 0) is 64.0 Å². The van der Waals surface area contributed by atoms with Gasteiger partial charge in [-0.05, 0) is 132 Å². The summed E-state index contributed by atoms with van der Waals surface area (Å²) >= 11 is 0. The number of para-hydroxylation sites is 1. The quantitative estimate of drug-likeness (QED) is 0.0168. The van der Waals surface area contributed by atoms with E-state index in [4.69, 9.17) is 63.1 Å². The van der Waals surface area contributed by atoms with Crippen LogP contribution < -0.4 is 122 Å². The van der Waals surface area contributed by atoms with Gasteiger partial charge in [0.05, 0.1) is 6.04 Å². The van der Waals surface area contributed by atoms with Gasteiger partial charge in [0.15, 0.2) is 23.8 Å². The summed E-state index contributed by atoms with van der Waals surface area (Å²) in [5, 5.41) is 30.6. The lowest BCUT2D eigenvalue weighted by Gasteiger charge is -2.31. The van der Waals surface area contributed by atoms with E-state index in [1.807, 2.05) is 19.9 Å². The maximum Gasteiger partial charge on any atom is 0.243 e. The van der Waals surface area contributed by atoms with Crippen LogP contribution in [0.25, 0.3) is 10.9 Å². The van der Waals surface area contributed by atoms with Gasteiger partial charge in [-0.1, -0.05) is 93.9 Å². The van der Waals surface area contributed by atoms with E-state index in [-0.39, 0.29) is 145 Å². The van der Waals surface area contributed by atoms with Crippen molar-refractivity contribution in [2.75, 3.05) is 32.7 Å². The van der Waals surface area contributed by atoms with Gasteiger partial charge >= 0.3 is 0 Å². The van der Waals surface area contributed by atoms with Gasteiger partial charge in [0.1, 0.15) is 66.5 Å². The zero-order valence-electron chi connectivity index (χ0n) is 65.7. The van der Waals surface area contributed by atoms with Crippen molar-refractivity contribution < 1.29 is 57.5 Å². The molecule has 0 radical (unpaired) electrons. The van der Waals surface area contributed by atoms with Crippen molar-refractivity contribution >= 4 is 106 Å². The number of aromatic amines is 1. The Bertz CT molecular complexity index is 3450. The minimum Gasteiger partial charge on any atom is -0.370 e. The number of guanidine groups is 4. The molecule has 0 aliphatic carbocycles. The number of carbonyl (C=O) groups excluding carboxylic acids is 12. The number of carbonyl (C=O) groups is 12. The van der Waals surface area contributed by atoms with Crippen molar-refractivity contribution in [1.29, 1.82) is 0 Å². The maximum atomic E-state index is 14.9. The molecule has 13 atom stereocenters. The summed E-state index contributed by atoms with van der Waals surface area (Å²) in [6, 6.07) is -8.26. The van der Waals surface area contributed by atoms with Gasteiger partial charge in [-0.25, -0.2) is 0 Å². The molecule has 12 amide bonds. The third-order valence-corrected chi connectivity index (χ3v) is 18.1. The number of nitrogens with zero attached hydrogens (tertiary/aromatic N) is 4. The molecule has 39 nitrogen and oxygen atoms in total. The minimum absolute atomic E-state index is 0.00253. The molecule has 0 bridgehead atoms. The molecule has 1 aromatic carbocycles. The van der Waals surface area contributed by atoms with Gasteiger partial charge < -0.3 is 127 Å². The highest BCUT2D eigenvalue weighted by atomic mass is 16.2. The minimum atomic E-state index is -1.46. The van der Waals surface area contributed by atoms with Gasteiger partial charge in [0, 0.05) is 49.7 Å². The molecular weight excluding hydrogens is 1420 g/mol. The Kier molecular flexibility index (Phi) is 42.9. The molecular formula is C71H127N27O12. The molecule has 2 rings (SSSR count). The molecule has 0 saturated carbocycles. The second-order valence-electron chi connectivity index (χ2n) is 28.9. The topological polar surface area (TPSA) is 689 Å². The second-order valence-corrected chi connectivity index (χ2v) is 28.9. The van der Waals surface area contributed by atoms with Crippen molar-refractivity contribution in [2.45, 2.75) is 239 Å². The Morgan fingerprint density at radius 3 is 1.16 bits per heavy atom. The number of unbranched alkanes of at least 4 members (excludes halogenated alkanes) is 1. The smallest absolute Gasteiger partial charge is 0.243 e. The van der Waals surface area contributed by atoms with E-state index in [0.717, 1.165) is 0 Å². The van der Waals surface area contributed by atoms with Crippen LogP contribution in [0, 0.1) is 29.6 Å². The average molecular weight is 1550 g/mol. The van der Waals surface area contributed by atoms with Gasteiger partial charge in [0.25, 0.3) is 0 Å². The highest BCUT2D eigenvalue weighted by molar-refractivity contribution is 6.00. The predicted molar refractivity (Wildman–Crippen MR) is 422 cm³/mol. The lowest BCUT2D eigenvalue weighted by atomic mass is 9.95. The lowest BCUT2D eigenvalue weighted by molar-refractivity contribution is -0.137. The van der Waals surface area contributed by atoms with Crippen molar-refractivity contribution in [2.24, 2.45) is 113 Å². The summed E-state index contributed by atoms with van der Waals surface area (Å²) in [6.07, 6.45) is 3.31. The van der Waals surface area contributed by atoms with Crippen LogP contribution in [0.15, 0.2) is 50.4 Å². The SMILES string of the molecule is CC[C@H](C)[C@H](NC(=O)[C@H](CC(C)C)NC(=O)[C@H](CCCN=C(N)N)NC(=O)[C@@H](N)C(C)C)C(=O)N[C@H](C(=O)N[C@@H](C)C(=O)N[C@H](C(=O)N[C@@H](CCCN=C(N)N)C(=O)N[C@@H](CCCCN)C(=O)N[C@@H](Cc1c[nH]c2ccccc12)C(=O)N[C@@H](CCCN=C(N)N)C(=O)N[C@@H](CCCN=C(N)N)C(N)=O)C(C)C)C(C)C. The fourth-order valence-electron chi connectivity index (χ4n) is 11.4. The number of nitrogens with one attached hydrogen (secondary N) is 12. The largest absolute Gasteiger partial charge is 0.370 e. The van der Waals surface area contributed by atoms with Gasteiger partial charge in [-0.3, -0.25) is 77.5 Å². The standard InChI is InChI=1S/C71H127N27O12/c1-12-40(10)55(98-63(106)50(33-36(2)3)94-61(104)48(26-19-31-85-70(79)80)92-64(107)52(73)37(4)5)67(110)97-53(38(6)7)65(108)88-41(11)57(100)96-54(39(8)9)66(109)93-49(27-20-32-86-71(81)82)59(102)90-46(23-15-16-28-72)60(103)95-51(34-42-35-87-44-22-14-13-21-43(42)44)62(105)91-47(25-18-30-84-69(77)78)58(101)89-45(56(74)99)24-17-29-83-68(75)76/h13-14,21-22,35-41,45-55,87H,12,15-20,23-34,72-73H2,1-11H3,(H2,74,99)(H,88,108)(H,89,101)(H,90,102)(H,91,105)(H,92,107)(H,93,109)(H,94,104)(H,95,103)(H,96,100)(H,97,110)(H,98,106)(H4,75,76,83)(H4,77,78,84)(H4,79,80,85)(H4,81,82,86)/t40-,41-,45-,46-,47-,48-,49-,50-,51-,52-,53-,54-,55-/m0/s1. The van der Waals surface area contributed by atoms with Crippen LogP contribution in [0.2, 0.25) is 0 Å². The third kappa shape index (κ3) is 35.2. The Labute approximate surface area is 644 Å². The zero-order valence-corrected chi connectivity index (χ0v) is 65.7. The first-order valence-electron chi connectivity index (χ1n) is 37.6. The van der Waals surface area contributed by atoms with Crippen LogP contribution in [0.5, 0.6) is 0 Å². The molecule has 34 N–H and O–H groups in total. The van der Waals surface area contributed by atoms with Crippen LogP contribution in [0.1, 0.15) is 165 Å². The van der Waals surface area contributed by atoms with Gasteiger partial charge in [0.2, 0.25) is 70.9 Å². The van der Waals surface area contributed by atoms with E-state index in [1.165, 1.54) is 6.92 Å². The molecule has 0 fully saturated rings. The van der Waals surface area contributed by atoms with Crippen molar-refractivity contribution in [3.63, 3.8) is 0 Å². The first kappa shape index (κ1) is 95.5. The summed E-state index contributed by atoms with van der Waals surface area (Å²) in [6.45, 7) is 19.1. The predicted octanol–water partition coefficient (Wildman–Crippen LogP) is -4.72. The van der Waals surface area contributed by atoms with Crippen molar-refractivity contribution in [1.82, 2.24) is 63.5 Å². The zero-order chi connectivity index (χ0) is 83.1. The first-order valence-corrected chi connectivity index (χ1v) is 37.6. The number of benzene rings is 1. The molecule has 1 heterocycles. The van der Waals surface area contributed by atoms with E-state index in [2.05, 4.69) is 83.4 Å². The summed E-state index contributed by atoms with van der Waals surface area (Å²) in [5.74, 6) is -12.5. The Balaban J connectivity index is 2.53. The highest BCUT2D eigenvalue weighted by Gasteiger charge is 2.39. The summed E-state index contributed by atoms with van der Waals surface area (Å²) < 4.78 is 0. The lowest BCUT2D eigenvalue weighted by Crippen LogP contribution is -2.62. The number of hydrogen-bond donors (Lipinski definition) is 23. The van der Waals surface area contributed by atoms with Crippen LogP contribution in [-0.4, -0.2) is 205 Å². The number of amides is 12. The molecule has 618 valence electrons. The molecule has 110 heavy (non-hydrogen) atoms. The van der Waals surface area contributed by atoms with Crippen LogP contribution >= 0.6 is 0 Å². The van der Waals surface area contributed by atoms with E-state index < -0.39 is 161 Å². The Morgan fingerprint density at radius 2 is 0.745 bits per heavy atom. The molecule has 2 aromatic rings. The summed E-state index contributed by atoms with van der Waals surface area (Å²) in [5.41, 5.74) is 63.3. The fourth-order valence-corrected chi connectivity index (χ4v) is 11.4. The third-order valence-electron chi connectivity index (χ3n) is 18.1. The fraction of sp³-hybridized carbons (Fsp3) is 0.662. The highest BCUT2D eigenvalue weighted by Crippen LogP contribution is 2.21. The van der Waals surface area contributed by atoms with Crippen molar-refractivity contribution in [3.8, 4) is 0 Å². The monoisotopic (exact) mass is 1550 g/mol. The number of hydrogen-bond acceptors (Lipinski definition) is 18. The van der Waals surface area contributed by atoms with E-state index in [0.29, 0.717) is 29.3 Å². The molecule has 0 saturated heterocycles. The normalized spacial score (nSPS) is 14.8. The summed E-state index contributed by atoms with van der Waals surface area (Å²) in [4.78, 5) is 189. The molecule has 0 unspecified atom stereocenters. The number of nitrogens with two attached hydrogens (primary N) is 11. The van der Waals surface area contributed by atoms with E-state index >= 15 is 0 Å². The van der Waals surface area contributed by atoms with Gasteiger partial charge in [-0.2, -0.15) is 0 Å². The first-order chi connectivity index (χ1) is 51.7. The summed E-state index contributed by atoms with van der Waals surface area (Å²) in [7, 11) is 0. The molecule has 0 aliphatic rings.